The molecule has 2 unspecified atom stereocenters. The van der Waals surface area contributed by atoms with E-state index >= 15 is 0 Å². The number of likely N-dealkylation sites (tertiary alicyclic amines) is 1. The zero-order valence-electron chi connectivity index (χ0n) is 11.3. The number of nitrogens with two attached hydrogens (primary N) is 1. The molecule has 0 amide bonds. The van der Waals surface area contributed by atoms with Gasteiger partial charge in [-0.15, -0.1) is 0 Å². The van der Waals surface area contributed by atoms with Crippen molar-refractivity contribution in [2.24, 2.45) is 11.7 Å². The maximum absolute atomic E-state index is 11.5. The van der Waals surface area contributed by atoms with Crippen LogP contribution in [0, 0.1) is 5.92 Å². The van der Waals surface area contributed by atoms with Crippen LogP contribution in [0.4, 0.5) is 0 Å². The molecule has 2 rings (SSSR count). The molecule has 0 bridgehead atoms. The van der Waals surface area contributed by atoms with Crippen LogP contribution in [0.15, 0.2) is 0 Å². The van der Waals surface area contributed by atoms with Gasteiger partial charge in [0.1, 0.15) is 9.84 Å². The summed E-state index contributed by atoms with van der Waals surface area (Å²) in [6.07, 6.45) is 5.28. The van der Waals surface area contributed by atoms with Crippen LogP contribution in [0.3, 0.4) is 0 Å². The zero-order valence-corrected chi connectivity index (χ0v) is 12.2. The van der Waals surface area contributed by atoms with Crippen LogP contribution in [0.2, 0.25) is 0 Å². The number of piperidine rings is 1. The van der Waals surface area contributed by atoms with Crippen molar-refractivity contribution in [1.82, 2.24) is 4.90 Å². The second kappa shape index (κ2) is 5.88. The first-order chi connectivity index (χ1) is 8.55. The van der Waals surface area contributed by atoms with Crippen molar-refractivity contribution >= 4 is 9.84 Å². The van der Waals surface area contributed by atoms with Gasteiger partial charge in [-0.25, -0.2) is 8.42 Å². The molecule has 5 heteroatoms. The first-order valence-electron chi connectivity index (χ1n) is 7.22. The van der Waals surface area contributed by atoms with Crippen LogP contribution in [-0.4, -0.2) is 50.0 Å². The minimum Gasteiger partial charge on any atom is -0.329 e. The molecule has 0 aromatic rings. The first-order valence-corrected chi connectivity index (χ1v) is 9.04. The lowest BCUT2D eigenvalue weighted by Gasteiger charge is -2.44. The highest BCUT2D eigenvalue weighted by molar-refractivity contribution is 7.91. The fraction of sp³-hybridized carbons (Fsp3) is 1.00. The highest BCUT2D eigenvalue weighted by Gasteiger charge is 2.34. The third kappa shape index (κ3) is 3.25. The summed E-state index contributed by atoms with van der Waals surface area (Å²) in [5, 5.41) is 0. The first kappa shape index (κ1) is 14.3. The van der Waals surface area contributed by atoms with Crippen molar-refractivity contribution in [2.45, 2.75) is 51.1 Å². The SMILES string of the molecule is CCC1CCN(C2CCS(=O)(=O)CC2)C(CN)C1. The summed E-state index contributed by atoms with van der Waals surface area (Å²) in [5.74, 6) is 1.54. The van der Waals surface area contributed by atoms with Gasteiger partial charge in [-0.1, -0.05) is 13.3 Å². The van der Waals surface area contributed by atoms with Crippen LogP contribution in [0.25, 0.3) is 0 Å². The highest BCUT2D eigenvalue weighted by atomic mass is 32.2. The Kier molecular flexibility index (Phi) is 4.67. The molecular formula is C13H26N2O2S. The third-order valence-corrected chi connectivity index (χ3v) is 6.43. The van der Waals surface area contributed by atoms with Gasteiger partial charge in [-0.2, -0.15) is 0 Å². The monoisotopic (exact) mass is 274 g/mol. The average molecular weight is 274 g/mol. The van der Waals surface area contributed by atoms with Gasteiger partial charge in [0.2, 0.25) is 0 Å². The van der Waals surface area contributed by atoms with Crippen LogP contribution in [0.1, 0.15) is 39.0 Å². The van der Waals surface area contributed by atoms with E-state index in [0.717, 1.165) is 25.3 Å². The van der Waals surface area contributed by atoms with Crippen molar-refractivity contribution < 1.29 is 8.42 Å². The molecule has 2 heterocycles. The minimum atomic E-state index is -2.75. The Morgan fingerprint density at radius 2 is 1.89 bits per heavy atom. The topological polar surface area (TPSA) is 63.4 Å². The van der Waals surface area contributed by atoms with E-state index in [9.17, 15) is 8.42 Å². The predicted octanol–water partition coefficient (Wildman–Crippen LogP) is 1.01. The van der Waals surface area contributed by atoms with E-state index in [4.69, 9.17) is 5.73 Å². The standard InChI is InChI=1S/C13H26N2O2S/c1-2-11-3-6-15(13(9-11)10-14)12-4-7-18(16,17)8-5-12/h11-13H,2-10,14H2,1H3. The molecule has 0 aromatic heterocycles. The zero-order chi connectivity index (χ0) is 13.2. The molecule has 0 aliphatic carbocycles. The van der Waals surface area contributed by atoms with Crippen molar-refractivity contribution in [1.29, 1.82) is 0 Å². The molecule has 2 saturated heterocycles. The second-order valence-electron chi connectivity index (χ2n) is 5.81. The summed E-state index contributed by atoms with van der Waals surface area (Å²) < 4.78 is 23.0. The average Bonchev–Trinajstić information content (AvgIpc) is 2.38. The normalized spacial score (nSPS) is 34.6. The summed E-state index contributed by atoms with van der Waals surface area (Å²) in [6.45, 7) is 4.06. The molecule has 0 spiro atoms. The van der Waals surface area contributed by atoms with Gasteiger partial charge in [-0.05, 0) is 38.1 Å². The van der Waals surface area contributed by atoms with Crippen molar-refractivity contribution in [3.05, 3.63) is 0 Å². The lowest BCUT2D eigenvalue weighted by Crippen LogP contribution is -2.53. The van der Waals surface area contributed by atoms with Crippen molar-refractivity contribution in [3.8, 4) is 0 Å². The fourth-order valence-electron chi connectivity index (χ4n) is 3.44. The number of hydrogen-bond donors (Lipinski definition) is 1. The summed E-state index contributed by atoms with van der Waals surface area (Å²) in [5.41, 5.74) is 5.91. The molecule has 4 nitrogen and oxygen atoms in total. The largest absolute Gasteiger partial charge is 0.329 e. The van der Waals surface area contributed by atoms with E-state index < -0.39 is 9.84 Å². The second-order valence-corrected chi connectivity index (χ2v) is 8.11. The Labute approximate surface area is 111 Å². The number of nitrogens with zero attached hydrogens (tertiary/aromatic N) is 1. The minimum absolute atomic E-state index is 0.364. The molecule has 2 fully saturated rings. The molecule has 0 saturated carbocycles. The van der Waals surface area contributed by atoms with Gasteiger partial charge >= 0.3 is 0 Å². The summed E-state index contributed by atoms with van der Waals surface area (Å²) >= 11 is 0. The summed E-state index contributed by atoms with van der Waals surface area (Å²) in [4.78, 5) is 2.50. The van der Waals surface area contributed by atoms with E-state index in [1.54, 1.807) is 0 Å². The molecule has 2 N–H and O–H groups in total. The van der Waals surface area contributed by atoms with E-state index in [1.807, 2.05) is 0 Å². The van der Waals surface area contributed by atoms with Crippen molar-refractivity contribution in [3.63, 3.8) is 0 Å². The van der Waals surface area contributed by atoms with E-state index in [2.05, 4.69) is 11.8 Å². The Morgan fingerprint density at radius 3 is 2.44 bits per heavy atom. The van der Waals surface area contributed by atoms with Gasteiger partial charge in [-0.3, -0.25) is 4.90 Å². The molecule has 2 atom stereocenters. The van der Waals surface area contributed by atoms with Crippen LogP contribution in [-0.2, 0) is 9.84 Å². The van der Waals surface area contributed by atoms with Crippen molar-refractivity contribution in [2.75, 3.05) is 24.6 Å². The number of rotatable bonds is 3. The van der Waals surface area contributed by atoms with E-state index in [-0.39, 0.29) is 0 Å². The lowest BCUT2D eigenvalue weighted by atomic mass is 9.87. The third-order valence-electron chi connectivity index (χ3n) is 4.71. The number of hydrogen-bond acceptors (Lipinski definition) is 4. The van der Waals surface area contributed by atoms with Gasteiger partial charge in [0, 0.05) is 18.6 Å². The Hall–Kier alpha value is -0.130. The van der Waals surface area contributed by atoms with Crippen LogP contribution < -0.4 is 5.73 Å². The molecule has 18 heavy (non-hydrogen) atoms. The molecule has 2 aliphatic heterocycles. The lowest BCUT2D eigenvalue weighted by molar-refractivity contribution is 0.0654. The van der Waals surface area contributed by atoms with Gasteiger partial charge < -0.3 is 5.73 Å². The number of sulfone groups is 1. The molecule has 2 aliphatic rings. The Balaban J connectivity index is 1.96. The molecular weight excluding hydrogens is 248 g/mol. The van der Waals surface area contributed by atoms with Gasteiger partial charge in [0.25, 0.3) is 0 Å². The van der Waals surface area contributed by atoms with E-state index in [0.29, 0.717) is 30.1 Å². The van der Waals surface area contributed by atoms with Gasteiger partial charge in [0.05, 0.1) is 11.5 Å². The Bertz CT molecular complexity index is 355. The summed E-state index contributed by atoms with van der Waals surface area (Å²) in [7, 11) is -2.75. The Morgan fingerprint density at radius 1 is 1.22 bits per heavy atom. The summed E-state index contributed by atoms with van der Waals surface area (Å²) in [6, 6.07) is 0.911. The smallest absolute Gasteiger partial charge is 0.150 e. The maximum Gasteiger partial charge on any atom is 0.150 e. The van der Waals surface area contributed by atoms with E-state index in [1.165, 1.54) is 19.3 Å². The quantitative estimate of drug-likeness (QED) is 0.834. The molecule has 0 aromatic carbocycles. The maximum atomic E-state index is 11.5. The highest BCUT2D eigenvalue weighted by Crippen LogP contribution is 2.29. The van der Waals surface area contributed by atoms with Gasteiger partial charge in [0.15, 0.2) is 0 Å². The van der Waals surface area contributed by atoms with Crippen LogP contribution >= 0.6 is 0 Å². The fourth-order valence-corrected chi connectivity index (χ4v) is 4.91. The molecule has 106 valence electrons. The van der Waals surface area contributed by atoms with Crippen LogP contribution in [0.5, 0.6) is 0 Å². The molecule has 0 radical (unpaired) electrons. The predicted molar refractivity (Wildman–Crippen MR) is 74.2 cm³/mol.